The van der Waals surface area contributed by atoms with Gasteiger partial charge in [-0.3, -0.25) is 9.59 Å². The second kappa shape index (κ2) is 34.0. The number of carbonyl (C=O) groups is 3. The summed E-state index contributed by atoms with van der Waals surface area (Å²) < 4.78 is 17.0. The Labute approximate surface area is 333 Å². The molecule has 0 aromatic carbocycles. The van der Waals surface area contributed by atoms with Gasteiger partial charge in [0.2, 0.25) is 0 Å². The molecule has 1 aliphatic rings. The van der Waals surface area contributed by atoms with Crippen LogP contribution in [-0.2, 0) is 23.8 Å². The normalized spacial score (nSPS) is 16.1. The second-order valence-electron chi connectivity index (χ2n) is 16.9. The van der Waals surface area contributed by atoms with E-state index in [0.717, 1.165) is 51.4 Å². The van der Waals surface area contributed by atoms with Crippen molar-refractivity contribution in [1.82, 2.24) is 4.90 Å². The molecular formula is C47H85NO6. The van der Waals surface area contributed by atoms with Gasteiger partial charge in [-0.1, -0.05) is 141 Å². The van der Waals surface area contributed by atoms with E-state index in [0.29, 0.717) is 25.9 Å². The van der Waals surface area contributed by atoms with Crippen LogP contribution in [-0.4, -0.2) is 54.8 Å². The maximum Gasteiger partial charge on any atom is 0.410 e. The molecule has 0 aromatic rings. The minimum absolute atomic E-state index is 0.0942. The molecule has 0 bridgehead atoms. The van der Waals surface area contributed by atoms with E-state index >= 15 is 0 Å². The van der Waals surface area contributed by atoms with E-state index in [2.05, 4.69) is 38.2 Å². The zero-order chi connectivity index (χ0) is 39.5. The fraction of sp³-hybridized carbons (Fsp3) is 0.851. The smallest absolute Gasteiger partial charge is 0.410 e. The van der Waals surface area contributed by atoms with E-state index in [9.17, 15) is 14.4 Å². The van der Waals surface area contributed by atoms with Gasteiger partial charge in [-0.25, -0.2) is 4.79 Å². The summed E-state index contributed by atoms with van der Waals surface area (Å²) in [6.07, 6.45) is 41.5. The molecule has 0 aromatic heterocycles. The lowest BCUT2D eigenvalue weighted by Crippen LogP contribution is -2.35. The SMILES string of the molecule is CCCCCCCCC=CCCCCCCCC(=O)OC[C@@H]1CN(C(=O)OC(C)(C)C)C[C@H]1COC(=O)CCCCCCCC=CCCCCCCCC. The van der Waals surface area contributed by atoms with E-state index in [1.807, 2.05) is 20.8 Å². The minimum atomic E-state index is -0.600. The Balaban J connectivity index is 2.25. The monoisotopic (exact) mass is 760 g/mol. The lowest BCUT2D eigenvalue weighted by atomic mass is 9.98. The number of rotatable bonds is 34. The highest BCUT2D eigenvalue weighted by Crippen LogP contribution is 2.27. The molecular weight excluding hydrogens is 675 g/mol. The van der Waals surface area contributed by atoms with Crippen molar-refractivity contribution >= 4 is 18.0 Å². The van der Waals surface area contributed by atoms with Crippen LogP contribution in [0.1, 0.15) is 214 Å². The number of allylic oxidation sites excluding steroid dienone is 4. The van der Waals surface area contributed by atoms with Crippen LogP contribution in [0.2, 0.25) is 0 Å². The topological polar surface area (TPSA) is 82.1 Å². The van der Waals surface area contributed by atoms with E-state index < -0.39 is 5.60 Å². The zero-order valence-electron chi connectivity index (χ0n) is 36.0. The van der Waals surface area contributed by atoms with Crippen LogP contribution in [0.5, 0.6) is 0 Å². The highest BCUT2D eigenvalue weighted by Gasteiger charge is 2.38. The highest BCUT2D eigenvalue weighted by molar-refractivity contribution is 5.70. The Kier molecular flexibility index (Phi) is 31.3. The number of likely N-dealkylation sites (tertiary alicyclic amines) is 1. The molecule has 0 unspecified atom stereocenters. The summed E-state index contributed by atoms with van der Waals surface area (Å²) in [5.41, 5.74) is -0.600. The number of nitrogens with zero attached hydrogens (tertiary/aromatic N) is 1. The van der Waals surface area contributed by atoms with Gasteiger partial charge in [-0.05, 0) is 85.0 Å². The Hall–Kier alpha value is -2.31. The third-order valence-electron chi connectivity index (χ3n) is 10.4. The molecule has 1 saturated heterocycles. The van der Waals surface area contributed by atoms with Crippen LogP contribution < -0.4 is 0 Å². The van der Waals surface area contributed by atoms with Crippen molar-refractivity contribution in [3.63, 3.8) is 0 Å². The molecule has 54 heavy (non-hydrogen) atoms. The fourth-order valence-corrected chi connectivity index (χ4v) is 7.02. The van der Waals surface area contributed by atoms with Gasteiger partial charge in [0.25, 0.3) is 0 Å². The van der Waals surface area contributed by atoms with Crippen LogP contribution in [0.25, 0.3) is 0 Å². The number of unbranched alkanes of at least 4 members (excludes halogenated alkanes) is 22. The summed E-state index contributed by atoms with van der Waals surface area (Å²) in [5.74, 6) is -0.571. The average molecular weight is 760 g/mol. The Morgan fingerprint density at radius 2 is 0.815 bits per heavy atom. The molecule has 7 heteroatoms. The van der Waals surface area contributed by atoms with Gasteiger partial charge in [0.1, 0.15) is 5.60 Å². The molecule has 1 aliphatic heterocycles. The predicted molar refractivity (Wildman–Crippen MR) is 226 cm³/mol. The van der Waals surface area contributed by atoms with Gasteiger partial charge in [-0.15, -0.1) is 0 Å². The maximum atomic E-state index is 12.8. The number of ether oxygens (including phenoxy) is 3. The molecule has 1 fully saturated rings. The third-order valence-corrected chi connectivity index (χ3v) is 10.4. The van der Waals surface area contributed by atoms with Crippen LogP contribution in [0.15, 0.2) is 24.3 Å². The molecule has 314 valence electrons. The van der Waals surface area contributed by atoms with Gasteiger partial charge in [0.05, 0.1) is 13.2 Å². The van der Waals surface area contributed by atoms with Gasteiger partial charge < -0.3 is 19.1 Å². The van der Waals surface area contributed by atoms with Crippen molar-refractivity contribution < 1.29 is 28.6 Å². The number of amides is 1. The van der Waals surface area contributed by atoms with Crippen molar-refractivity contribution in [1.29, 1.82) is 0 Å². The molecule has 0 N–H and O–H groups in total. The summed E-state index contributed by atoms with van der Waals surface area (Å²) in [6, 6.07) is 0. The van der Waals surface area contributed by atoms with E-state index in [1.165, 1.54) is 116 Å². The number of hydrogen-bond acceptors (Lipinski definition) is 6. The Morgan fingerprint density at radius 3 is 1.15 bits per heavy atom. The zero-order valence-corrected chi connectivity index (χ0v) is 36.0. The molecule has 0 aliphatic carbocycles. The summed E-state index contributed by atoms with van der Waals surface area (Å²) >= 11 is 0. The van der Waals surface area contributed by atoms with Gasteiger partial charge >= 0.3 is 18.0 Å². The predicted octanol–water partition coefficient (Wildman–Crippen LogP) is 13.6. The lowest BCUT2D eigenvalue weighted by molar-refractivity contribution is -0.149. The second-order valence-corrected chi connectivity index (χ2v) is 16.9. The Morgan fingerprint density at radius 1 is 0.500 bits per heavy atom. The quantitative estimate of drug-likeness (QED) is 0.0281. The first kappa shape index (κ1) is 49.7. The van der Waals surface area contributed by atoms with E-state index in [4.69, 9.17) is 14.2 Å². The number of hydrogen-bond donors (Lipinski definition) is 0. The summed E-state index contributed by atoms with van der Waals surface area (Å²) in [5, 5.41) is 0. The van der Waals surface area contributed by atoms with Crippen LogP contribution >= 0.6 is 0 Å². The molecule has 7 nitrogen and oxygen atoms in total. The standard InChI is InChI=1S/C47H85NO6/c1-6-8-10-12-14-16-18-20-22-24-26-28-30-32-34-36-44(49)52-40-42-38-48(46(51)54-47(3,4)5)39-43(42)41-53-45(50)37-35-33-31-29-27-25-23-21-19-17-15-13-11-9-7-2/h20-23,42-43H,6-19,24-41H2,1-5H3/t42-,43-/m0/s1. The largest absolute Gasteiger partial charge is 0.465 e. The van der Waals surface area contributed by atoms with Crippen molar-refractivity contribution in [3.8, 4) is 0 Å². The highest BCUT2D eigenvalue weighted by atomic mass is 16.6. The molecule has 0 spiro atoms. The summed E-state index contributed by atoms with van der Waals surface area (Å²) in [7, 11) is 0. The van der Waals surface area contributed by atoms with Gasteiger partial charge in [0.15, 0.2) is 0 Å². The van der Waals surface area contributed by atoms with Crippen molar-refractivity contribution in [2.75, 3.05) is 26.3 Å². The molecule has 1 rings (SSSR count). The third kappa shape index (κ3) is 30.0. The van der Waals surface area contributed by atoms with E-state index in [-0.39, 0.29) is 43.1 Å². The Bertz CT molecular complexity index is 921. The fourth-order valence-electron chi connectivity index (χ4n) is 7.02. The van der Waals surface area contributed by atoms with Crippen LogP contribution in [0, 0.1) is 11.8 Å². The summed E-state index contributed by atoms with van der Waals surface area (Å²) in [6.45, 7) is 11.4. The first-order valence-electron chi connectivity index (χ1n) is 22.7. The molecule has 0 radical (unpaired) electrons. The molecule has 1 amide bonds. The van der Waals surface area contributed by atoms with Gasteiger partial charge in [-0.2, -0.15) is 0 Å². The minimum Gasteiger partial charge on any atom is -0.465 e. The lowest BCUT2D eigenvalue weighted by Gasteiger charge is -2.24. The molecule has 2 atom stereocenters. The number of carbonyl (C=O) groups excluding carboxylic acids is 3. The number of esters is 2. The maximum absolute atomic E-state index is 12.8. The van der Waals surface area contributed by atoms with Crippen LogP contribution in [0.4, 0.5) is 4.79 Å². The molecule has 1 heterocycles. The van der Waals surface area contributed by atoms with Crippen molar-refractivity contribution in [2.45, 2.75) is 220 Å². The first-order valence-corrected chi connectivity index (χ1v) is 22.7. The first-order chi connectivity index (χ1) is 26.2. The summed E-state index contributed by atoms with van der Waals surface area (Å²) in [4.78, 5) is 39.7. The van der Waals surface area contributed by atoms with Crippen molar-refractivity contribution in [2.24, 2.45) is 11.8 Å². The van der Waals surface area contributed by atoms with Gasteiger partial charge in [0, 0.05) is 37.8 Å². The van der Waals surface area contributed by atoms with E-state index in [1.54, 1.807) is 4.90 Å². The average Bonchev–Trinajstić information content (AvgIpc) is 3.55. The van der Waals surface area contributed by atoms with Crippen LogP contribution in [0.3, 0.4) is 0 Å². The molecule has 0 saturated carbocycles. The van der Waals surface area contributed by atoms with Crippen molar-refractivity contribution in [3.05, 3.63) is 24.3 Å².